The van der Waals surface area contributed by atoms with E-state index in [-0.39, 0.29) is 31.6 Å². The van der Waals surface area contributed by atoms with Gasteiger partial charge in [-0.05, 0) is 50.5 Å². The van der Waals surface area contributed by atoms with Crippen LogP contribution in [0, 0.1) is 0 Å². The molecule has 37 heavy (non-hydrogen) atoms. The van der Waals surface area contributed by atoms with Gasteiger partial charge in [0, 0.05) is 19.5 Å². The Bertz CT molecular complexity index is 845. The summed E-state index contributed by atoms with van der Waals surface area (Å²) in [6, 6.07) is 6.41. The summed E-state index contributed by atoms with van der Waals surface area (Å²) in [7, 11) is 0. The second kappa shape index (κ2) is 15.6. The smallest absolute Gasteiger partial charge is 0.343 e. The Kier molecular flexibility index (Phi) is 12.9. The van der Waals surface area contributed by atoms with Crippen LogP contribution in [0.4, 0.5) is 13.2 Å². The van der Waals surface area contributed by atoms with Crippen molar-refractivity contribution in [1.29, 1.82) is 0 Å². The fraction of sp³-hybridized carbons (Fsp3) is 0.667. The number of likely N-dealkylation sites (tertiary alicyclic amines) is 1. The van der Waals surface area contributed by atoms with E-state index in [9.17, 15) is 27.6 Å². The van der Waals surface area contributed by atoms with Crippen molar-refractivity contribution in [2.24, 2.45) is 5.73 Å². The Hall–Kier alpha value is -2.62. The molecule has 1 aliphatic rings. The maximum Gasteiger partial charge on any atom is 0.389 e. The third-order valence-electron chi connectivity index (χ3n) is 6.60. The van der Waals surface area contributed by atoms with Crippen molar-refractivity contribution in [3.63, 3.8) is 0 Å². The number of halogens is 3. The first-order chi connectivity index (χ1) is 17.6. The number of carbonyl (C=O) groups is 3. The summed E-state index contributed by atoms with van der Waals surface area (Å²) in [5.41, 5.74) is 6.92. The fourth-order valence-corrected chi connectivity index (χ4v) is 4.45. The van der Waals surface area contributed by atoms with Crippen molar-refractivity contribution in [2.45, 2.75) is 102 Å². The molecule has 1 aromatic rings. The van der Waals surface area contributed by atoms with Gasteiger partial charge < -0.3 is 21.3 Å². The van der Waals surface area contributed by atoms with E-state index in [0.29, 0.717) is 19.5 Å². The van der Waals surface area contributed by atoms with E-state index in [0.717, 1.165) is 37.7 Å². The second-order valence-electron chi connectivity index (χ2n) is 9.81. The number of hydrogen-bond donors (Lipinski definition) is 3. The number of carbonyl (C=O) groups excluding carboxylic acids is 3. The largest absolute Gasteiger partial charge is 0.389 e. The highest BCUT2D eigenvalue weighted by Gasteiger charge is 2.31. The zero-order chi connectivity index (χ0) is 27.3. The van der Waals surface area contributed by atoms with E-state index in [1.54, 1.807) is 4.90 Å². The molecule has 1 unspecified atom stereocenters. The summed E-state index contributed by atoms with van der Waals surface area (Å²) < 4.78 is 37.8. The molecule has 3 atom stereocenters. The minimum Gasteiger partial charge on any atom is -0.343 e. The van der Waals surface area contributed by atoms with Crippen LogP contribution in [0.1, 0.15) is 76.7 Å². The maximum atomic E-state index is 13.3. The Balaban J connectivity index is 2.07. The lowest BCUT2D eigenvalue weighted by atomic mass is 10.0. The predicted octanol–water partition coefficient (Wildman–Crippen LogP) is 3.85. The Labute approximate surface area is 217 Å². The van der Waals surface area contributed by atoms with E-state index < -0.39 is 42.5 Å². The SMILES string of the molecule is CCCCC(NC(=O)[C@@H](CCCCC(F)(F)F)NC(=O)[C@H](N)Cc1ccccc1)C(=O)N1CCCCC1. The van der Waals surface area contributed by atoms with Crippen LogP contribution in [-0.4, -0.2) is 60.0 Å². The highest BCUT2D eigenvalue weighted by Crippen LogP contribution is 2.23. The minimum absolute atomic E-state index is 0.0180. The molecule has 0 spiro atoms. The van der Waals surface area contributed by atoms with Crippen LogP contribution in [-0.2, 0) is 20.8 Å². The highest BCUT2D eigenvalue weighted by molar-refractivity contribution is 5.93. The average molecular weight is 527 g/mol. The zero-order valence-electron chi connectivity index (χ0n) is 21.7. The van der Waals surface area contributed by atoms with E-state index in [4.69, 9.17) is 5.73 Å². The molecule has 1 saturated heterocycles. The Morgan fingerprint density at radius 3 is 2.16 bits per heavy atom. The molecule has 0 aromatic heterocycles. The normalized spacial score (nSPS) is 16.5. The third-order valence-corrected chi connectivity index (χ3v) is 6.60. The van der Waals surface area contributed by atoms with Gasteiger partial charge in [0.05, 0.1) is 6.04 Å². The Morgan fingerprint density at radius 2 is 1.54 bits per heavy atom. The molecule has 1 heterocycles. The number of alkyl halides is 3. The number of rotatable bonds is 14. The maximum absolute atomic E-state index is 13.3. The van der Waals surface area contributed by atoms with Gasteiger partial charge in [-0.2, -0.15) is 13.2 Å². The van der Waals surface area contributed by atoms with Crippen molar-refractivity contribution < 1.29 is 27.6 Å². The fourth-order valence-electron chi connectivity index (χ4n) is 4.45. The van der Waals surface area contributed by atoms with Crippen LogP contribution in [0.5, 0.6) is 0 Å². The molecule has 4 N–H and O–H groups in total. The van der Waals surface area contributed by atoms with Crippen molar-refractivity contribution in [1.82, 2.24) is 15.5 Å². The lowest BCUT2D eigenvalue weighted by Crippen LogP contribution is -2.56. The summed E-state index contributed by atoms with van der Waals surface area (Å²) in [4.78, 5) is 41.0. The lowest BCUT2D eigenvalue weighted by molar-refractivity contribution is -0.139. The second-order valence-corrected chi connectivity index (χ2v) is 9.81. The van der Waals surface area contributed by atoms with Crippen molar-refractivity contribution in [3.05, 3.63) is 35.9 Å². The van der Waals surface area contributed by atoms with Gasteiger partial charge in [0.1, 0.15) is 12.1 Å². The van der Waals surface area contributed by atoms with Gasteiger partial charge in [-0.1, -0.05) is 56.5 Å². The number of nitrogens with one attached hydrogen (secondary N) is 2. The first-order valence-electron chi connectivity index (χ1n) is 13.4. The van der Waals surface area contributed by atoms with Crippen LogP contribution >= 0.6 is 0 Å². The molecular weight excluding hydrogens is 485 g/mol. The molecule has 1 aromatic carbocycles. The number of benzene rings is 1. The molecule has 1 fully saturated rings. The van der Waals surface area contributed by atoms with Crippen LogP contribution in [0.25, 0.3) is 0 Å². The topological polar surface area (TPSA) is 105 Å². The summed E-state index contributed by atoms with van der Waals surface area (Å²) in [6.07, 6.45) is -0.136. The van der Waals surface area contributed by atoms with Crippen molar-refractivity contribution in [3.8, 4) is 0 Å². The van der Waals surface area contributed by atoms with E-state index in [1.807, 2.05) is 37.3 Å². The molecule has 0 radical (unpaired) electrons. The molecule has 1 aliphatic heterocycles. The summed E-state index contributed by atoms with van der Waals surface area (Å²) >= 11 is 0. The molecule has 0 aliphatic carbocycles. The standard InChI is InChI=1S/C27H41F3N4O3/c1-2-3-14-23(26(37)34-17-10-5-11-18-34)33-25(36)22(15-8-9-16-27(28,29)30)32-24(35)21(31)19-20-12-6-4-7-13-20/h4,6-7,12-13,21-23H,2-3,5,8-11,14-19,31H2,1H3,(H,32,35)(H,33,36)/t21-,22-,23?/m1/s1. The molecule has 10 heteroatoms. The number of nitrogens with zero attached hydrogens (tertiary/aromatic N) is 1. The van der Waals surface area contributed by atoms with Gasteiger partial charge in [0.2, 0.25) is 17.7 Å². The van der Waals surface area contributed by atoms with Crippen LogP contribution < -0.4 is 16.4 Å². The molecule has 0 bridgehead atoms. The number of hydrogen-bond acceptors (Lipinski definition) is 4. The van der Waals surface area contributed by atoms with Gasteiger partial charge in [0.15, 0.2) is 0 Å². The highest BCUT2D eigenvalue weighted by atomic mass is 19.4. The summed E-state index contributed by atoms with van der Waals surface area (Å²) in [5, 5.41) is 5.42. The van der Waals surface area contributed by atoms with Gasteiger partial charge in [-0.15, -0.1) is 0 Å². The van der Waals surface area contributed by atoms with E-state index in [1.165, 1.54) is 0 Å². The number of amides is 3. The Morgan fingerprint density at radius 1 is 0.919 bits per heavy atom. The quantitative estimate of drug-likeness (QED) is 0.320. The first kappa shape index (κ1) is 30.6. The number of unbranched alkanes of at least 4 members (excludes halogenated alkanes) is 2. The van der Waals surface area contributed by atoms with Crippen molar-refractivity contribution >= 4 is 17.7 Å². The molecule has 0 saturated carbocycles. The van der Waals surface area contributed by atoms with Gasteiger partial charge in [-0.3, -0.25) is 14.4 Å². The summed E-state index contributed by atoms with van der Waals surface area (Å²) in [6.45, 7) is 3.27. The van der Waals surface area contributed by atoms with E-state index >= 15 is 0 Å². The zero-order valence-corrected chi connectivity index (χ0v) is 21.7. The van der Waals surface area contributed by atoms with Crippen LogP contribution in [0.15, 0.2) is 30.3 Å². The molecule has 2 rings (SSSR count). The van der Waals surface area contributed by atoms with Crippen LogP contribution in [0.2, 0.25) is 0 Å². The first-order valence-corrected chi connectivity index (χ1v) is 13.4. The average Bonchev–Trinajstić information content (AvgIpc) is 2.88. The summed E-state index contributed by atoms with van der Waals surface area (Å²) in [5.74, 6) is -1.28. The van der Waals surface area contributed by atoms with Gasteiger partial charge in [0.25, 0.3) is 0 Å². The number of piperidine rings is 1. The monoisotopic (exact) mass is 526 g/mol. The van der Waals surface area contributed by atoms with Gasteiger partial charge in [-0.25, -0.2) is 0 Å². The van der Waals surface area contributed by atoms with E-state index in [2.05, 4.69) is 10.6 Å². The minimum atomic E-state index is -4.29. The molecule has 3 amide bonds. The lowest BCUT2D eigenvalue weighted by Gasteiger charge is -2.31. The van der Waals surface area contributed by atoms with Gasteiger partial charge >= 0.3 is 6.18 Å². The molecule has 7 nitrogen and oxygen atoms in total. The van der Waals surface area contributed by atoms with Crippen LogP contribution in [0.3, 0.4) is 0 Å². The third kappa shape index (κ3) is 11.5. The predicted molar refractivity (Wildman–Crippen MR) is 136 cm³/mol. The van der Waals surface area contributed by atoms with Crippen molar-refractivity contribution in [2.75, 3.05) is 13.1 Å². The molecule has 208 valence electrons. The number of nitrogens with two attached hydrogens (primary N) is 1. The molecular formula is C27H41F3N4O3.